The number of rotatable bonds is 8. The van der Waals surface area contributed by atoms with Crippen molar-refractivity contribution in [3.63, 3.8) is 0 Å². The first kappa shape index (κ1) is 19.9. The smallest absolute Gasteiger partial charge is 0.161 e. The van der Waals surface area contributed by atoms with E-state index in [1.807, 2.05) is 24.3 Å². The van der Waals surface area contributed by atoms with E-state index in [1.54, 1.807) is 18.4 Å². The zero-order chi connectivity index (χ0) is 20.1. The SMILES string of the molecule is COc1cc(CNc2ccc(N3CCCC3)c(Cl)c2)ccc1OCc1cccs1. The van der Waals surface area contributed by atoms with E-state index in [9.17, 15) is 0 Å². The molecule has 1 aliphatic rings. The molecule has 0 saturated carbocycles. The maximum atomic E-state index is 6.52. The molecule has 2 heterocycles. The van der Waals surface area contributed by atoms with Crippen molar-refractivity contribution in [2.45, 2.75) is 26.0 Å². The van der Waals surface area contributed by atoms with E-state index in [1.165, 1.54) is 17.7 Å². The van der Waals surface area contributed by atoms with Crippen LogP contribution in [0.15, 0.2) is 53.9 Å². The number of benzene rings is 2. The lowest BCUT2D eigenvalue weighted by Crippen LogP contribution is -2.17. The summed E-state index contributed by atoms with van der Waals surface area (Å²) < 4.78 is 11.4. The molecule has 1 N–H and O–H groups in total. The van der Waals surface area contributed by atoms with E-state index < -0.39 is 0 Å². The van der Waals surface area contributed by atoms with Gasteiger partial charge in [-0.05, 0) is 60.2 Å². The first-order chi connectivity index (χ1) is 14.2. The van der Waals surface area contributed by atoms with Crippen LogP contribution in [0.5, 0.6) is 11.5 Å². The van der Waals surface area contributed by atoms with Crippen LogP contribution in [0, 0.1) is 0 Å². The van der Waals surface area contributed by atoms with Crippen molar-refractivity contribution in [3.05, 3.63) is 69.4 Å². The zero-order valence-electron chi connectivity index (χ0n) is 16.5. The summed E-state index contributed by atoms with van der Waals surface area (Å²) in [5.41, 5.74) is 3.25. The van der Waals surface area contributed by atoms with E-state index in [4.69, 9.17) is 21.1 Å². The molecule has 0 atom stereocenters. The van der Waals surface area contributed by atoms with E-state index in [0.717, 1.165) is 46.5 Å². The predicted molar refractivity (Wildman–Crippen MR) is 122 cm³/mol. The quantitative estimate of drug-likeness (QED) is 0.463. The minimum absolute atomic E-state index is 0.549. The Morgan fingerprint density at radius 1 is 1.07 bits per heavy atom. The molecule has 1 aliphatic heterocycles. The summed E-state index contributed by atoms with van der Waals surface area (Å²) >= 11 is 8.20. The Balaban J connectivity index is 1.38. The van der Waals surface area contributed by atoms with Crippen molar-refractivity contribution in [1.82, 2.24) is 0 Å². The fraction of sp³-hybridized carbons (Fsp3) is 0.304. The molecule has 6 heteroatoms. The Morgan fingerprint density at radius 3 is 2.66 bits per heavy atom. The zero-order valence-corrected chi connectivity index (χ0v) is 18.1. The number of thiophene rings is 1. The summed E-state index contributed by atoms with van der Waals surface area (Å²) in [6.07, 6.45) is 2.48. The average molecular weight is 429 g/mol. The van der Waals surface area contributed by atoms with Gasteiger partial charge in [0, 0.05) is 30.2 Å². The van der Waals surface area contributed by atoms with Gasteiger partial charge in [0.05, 0.1) is 17.8 Å². The summed E-state index contributed by atoms with van der Waals surface area (Å²) in [7, 11) is 1.67. The van der Waals surface area contributed by atoms with Crippen LogP contribution in [0.25, 0.3) is 0 Å². The average Bonchev–Trinajstić information content (AvgIpc) is 3.45. The molecule has 152 valence electrons. The Hall–Kier alpha value is -2.37. The third-order valence-corrected chi connectivity index (χ3v) is 6.22. The minimum Gasteiger partial charge on any atom is -0.493 e. The van der Waals surface area contributed by atoms with Crippen LogP contribution in [0.1, 0.15) is 23.3 Å². The Labute approximate surface area is 181 Å². The topological polar surface area (TPSA) is 33.7 Å². The highest BCUT2D eigenvalue weighted by Crippen LogP contribution is 2.32. The van der Waals surface area contributed by atoms with Gasteiger partial charge < -0.3 is 19.7 Å². The second-order valence-corrected chi connectivity index (χ2v) is 8.51. The van der Waals surface area contributed by atoms with E-state index in [-0.39, 0.29) is 0 Å². The number of nitrogens with one attached hydrogen (secondary N) is 1. The van der Waals surface area contributed by atoms with Crippen LogP contribution in [0.3, 0.4) is 0 Å². The standard InChI is InChI=1S/C23H25ClN2O2S/c1-27-23-13-17(6-9-22(23)28-16-19-5-4-12-29-19)15-25-18-7-8-21(20(24)14-18)26-10-2-3-11-26/h4-9,12-14,25H,2-3,10-11,15-16H2,1H3. The highest BCUT2D eigenvalue weighted by Gasteiger charge is 2.15. The Morgan fingerprint density at radius 2 is 1.93 bits per heavy atom. The van der Waals surface area contributed by atoms with Gasteiger partial charge in [-0.15, -0.1) is 11.3 Å². The van der Waals surface area contributed by atoms with Gasteiger partial charge >= 0.3 is 0 Å². The van der Waals surface area contributed by atoms with Gasteiger partial charge in [0.2, 0.25) is 0 Å². The summed E-state index contributed by atoms with van der Waals surface area (Å²) in [4.78, 5) is 3.54. The molecule has 0 spiro atoms. The first-order valence-electron chi connectivity index (χ1n) is 9.83. The van der Waals surface area contributed by atoms with Crippen molar-refractivity contribution < 1.29 is 9.47 Å². The molecule has 4 nitrogen and oxygen atoms in total. The molecule has 0 bridgehead atoms. The third kappa shape index (κ3) is 4.98. The molecule has 4 rings (SSSR count). The summed E-state index contributed by atoms with van der Waals surface area (Å²) in [6.45, 7) is 3.41. The number of hydrogen-bond donors (Lipinski definition) is 1. The van der Waals surface area contributed by atoms with Crippen LogP contribution in [0.2, 0.25) is 5.02 Å². The van der Waals surface area contributed by atoms with Gasteiger partial charge in [-0.1, -0.05) is 23.7 Å². The predicted octanol–water partition coefficient (Wildman–Crippen LogP) is 6.20. The Bertz CT molecular complexity index is 940. The van der Waals surface area contributed by atoms with Crippen molar-refractivity contribution in [2.75, 3.05) is 30.4 Å². The molecule has 29 heavy (non-hydrogen) atoms. The number of nitrogens with zero attached hydrogens (tertiary/aromatic N) is 1. The van der Waals surface area contributed by atoms with Crippen LogP contribution in [0.4, 0.5) is 11.4 Å². The maximum Gasteiger partial charge on any atom is 0.161 e. The number of halogens is 1. The second-order valence-electron chi connectivity index (χ2n) is 7.07. The highest BCUT2D eigenvalue weighted by atomic mass is 35.5. The Kier molecular flexibility index (Phi) is 6.47. The maximum absolute atomic E-state index is 6.52. The van der Waals surface area contributed by atoms with Crippen molar-refractivity contribution in [3.8, 4) is 11.5 Å². The lowest BCUT2D eigenvalue weighted by Gasteiger charge is -2.20. The van der Waals surface area contributed by atoms with Crippen molar-refractivity contribution in [1.29, 1.82) is 0 Å². The lowest BCUT2D eigenvalue weighted by atomic mass is 10.2. The van der Waals surface area contributed by atoms with Gasteiger partial charge in [-0.25, -0.2) is 0 Å². The van der Waals surface area contributed by atoms with Gasteiger partial charge in [-0.2, -0.15) is 0 Å². The molecule has 2 aromatic carbocycles. The van der Waals surface area contributed by atoms with E-state index >= 15 is 0 Å². The molecular weight excluding hydrogens is 404 g/mol. The lowest BCUT2D eigenvalue weighted by molar-refractivity contribution is 0.287. The van der Waals surface area contributed by atoms with Gasteiger partial charge in [0.1, 0.15) is 6.61 Å². The second kappa shape index (κ2) is 9.42. The first-order valence-corrected chi connectivity index (χ1v) is 11.1. The summed E-state index contributed by atoms with van der Waals surface area (Å²) in [5.74, 6) is 1.49. The molecular formula is C23H25ClN2O2S. The van der Waals surface area contributed by atoms with Gasteiger partial charge in [0.25, 0.3) is 0 Å². The number of anilines is 2. The van der Waals surface area contributed by atoms with Crippen LogP contribution >= 0.6 is 22.9 Å². The van der Waals surface area contributed by atoms with Crippen LogP contribution in [-0.2, 0) is 13.2 Å². The van der Waals surface area contributed by atoms with Crippen LogP contribution < -0.4 is 19.7 Å². The fourth-order valence-electron chi connectivity index (χ4n) is 3.52. The van der Waals surface area contributed by atoms with Gasteiger partial charge in [-0.3, -0.25) is 0 Å². The normalized spacial score (nSPS) is 13.5. The number of ether oxygens (including phenoxy) is 2. The fourth-order valence-corrected chi connectivity index (χ4v) is 4.44. The third-order valence-electron chi connectivity index (χ3n) is 5.07. The molecule has 0 amide bonds. The molecule has 3 aromatic rings. The van der Waals surface area contributed by atoms with Crippen LogP contribution in [-0.4, -0.2) is 20.2 Å². The molecule has 1 saturated heterocycles. The van der Waals surface area contributed by atoms with Crippen molar-refractivity contribution >= 4 is 34.3 Å². The largest absolute Gasteiger partial charge is 0.493 e. The molecule has 0 radical (unpaired) electrons. The molecule has 0 unspecified atom stereocenters. The monoisotopic (exact) mass is 428 g/mol. The van der Waals surface area contributed by atoms with Gasteiger partial charge in [0.15, 0.2) is 11.5 Å². The minimum atomic E-state index is 0.549. The summed E-state index contributed by atoms with van der Waals surface area (Å²) in [6, 6.07) is 16.3. The number of hydrogen-bond acceptors (Lipinski definition) is 5. The summed E-state index contributed by atoms with van der Waals surface area (Å²) in [5, 5.41) is 6.30. The molecule has 0 aliphatic carbocycles. The van der Waals surface area contributed by atoms with E-state index in [2.05, 4.69) is 39.9 Å². The number of methoxy groups -OCH3 is 1. The molecule has 1 aromatic heterocycles. The highest BCUT2D eigenvalue weighted by molar-refractivity contribution is 7.09. The molecule has 1 fully saturated rings. The van der Waals surface area contributed by atoms with Crippen molar-refractivity contribution in [2.24, 2.45) is 0 Å². The van der Waals surface area contributed by atoms with E-state index in [0.29, 0.717) is 13.2 Å².